The van der Waals surface area contributed by atoms with Crippen LogP contribution < -0.4 is 9.46 Å². The van der Waals surface area contributed by atoms with Crippen molar-refractivity contribution in [2.45, 2.75) is 72.2 Å². The predicted octanol–water partition coefficient (Wildman–Crippen LogP) is 6.25. The molecule has 1 N–H and O–H groups in total. The van der Waals surface area contributed by atoms with Crippen molar-refractivity contribution in [3.05, 3.63) is 65.2 Å². The van der Waals surface area contributed by atoms with E-state index < -0.39 is 10.0 Å². The van der Waals surface area contributed by atoms with E-state index in [1.807, 2.05) is 36.9 Å². The van der Waals surface area contributed by atoms with Crippen LogP contribution in [0.3, 0.4) is 0 Å². The Hall–Kier alpha value is -3.46. The summed E-state index contributed by atoms with van der Waals surface area (Å²) in [6.07, 6.45) is 1.50. The summed E-state index contributed by atoms with van der Waals surface area (Å²) in [7, 11) is -4.09. The molecule has 1 aliphatic rings. The maximum Gasteiger partial charge on any atom is 0.264 e. The first-order chi connectivity index (χ1) is 18.7. The number of nitrogens with zero attached hydrogens (tertiary/aromatic N) is 3. The lowest BCUT2D eigenvalue weighted by Crippen LogP contribution is -2.45. The molecule has 0 fully saturated rings. The van der Waals surface area contributed by atoms with E-state index in [0.29, 0.717) is 30.1 Å². The van der Waals surface area contributed by atoms with Crippen LogP contribution in [0.2, 0.25) is 0 Å². The molecule has 214 valence electrons. The summed E-state index contributed by atoms with van der Waals surface area (Å²) < 4.78 is 35.7. The maximum atomic E-state index is 14.0. The number of carbonyl (C=O) groups is 1. The van der Waals surface area contributed by atoms with Crippen molar-refractivity contribution >= 4 is 21.9 Å². The highest BCUT2D eigenvalue weighted by Gasteiger charge is 2.30. The number of nitrogens with one attached hydrogen (secondary N) is 1. The van der Waals surface area contributed by atoms with Crippen molar-refractivity contribution < 1.29 is 17.9 Å². The number of anilines is 1. The maximum absolute atomic E-state index is 14.0. The first kappa shape index (κ1) is 29.5. The summed E-state index contributed by atoms with van der Waals surface area (Å²) >= 11 is 0. The summed E-state index contributed by atoms with van der Waals surface area (Å²) in [5, 5.41) is 0. The van der Waals surface area contributed by atoms with Crippen molar-refractivity contribution in [2.75, 3.05) is 17.9 Å². The number of ether oxygens (including phenoxy) is 1. The summed E-state index contributed by atoms with van der Waals surface area (Å²) in [6, 6.07) is 13.6. The molecule has 1 aromatic heterocycles. The van der Waals surface area contributed by atoms with Crippen LogP contribution in [-0.4, -0.2) is 48.4 Å². The molecule has 2 heterocycles. The van der Waals surface area contributed by atoms with Crippen molar-refractivity contribution in [3.8, 4) is 17.1 Å². The van der Waals surface area contributed by atoms with E-state index in [0.717, 1.165) is 23.1 Å². The molecule has 9 heteroatoms. The van der Waals surface area contributed by atoms with Crippen molar-refractivity contribution in [3.63, 3.8) is 0 Å². The lowest BCUT2D eigenvalue weighted by Gasteiger charge is -2.35. The Morgan fingerprint density at radius 3 is 2.38 bits per heavy atom. The Morgan fingerprint density at radius 2 is 1.73 bits per heavy atom. The Bertz CT molecular complexity index is 1480. The number of hydrogen-bond acceptors (Lipinski definition) is 6. The lowest BCUT2D eigenvalue weighted by atomic mass is 9.91. The molecule has 3 aromatic rings. The van der Waals surface area contributed by atoms with E-state index in [-0.39, 0.29) is 40.7 Å². The molecule has 8 nitrogen and oxygen atoms in total. The number of rotatable bonds is 5. The third kappa shape index (κ3) is 6.99. The quantitative estimate of drug-likeness (QED) is 0.393. The number of benzene rings is 2. The van der Waals surface area contributed by atoms with Crippen LogP contribution in [-0.2, 0) is 10.0 Å². The Kier molecular flexibility index (Phi) is 8.54. The van der Waals surface area contributed by atoms with Crippen LogP contribution in [0.5, 0.6) is 5.88 Å². The van der Waals surface area contributed by atoms with Gasteiger partial charge in [-0.1, -0.05) is 58.9 Å². The molecule has 0 aliphatic carbocycles. The summed E-state index contributed by atoms with van der Waals surface area (Å²) in [4.78, 5) is 24.8. The van der Waals surface area contributed by atoms with Gasteiger partial charge in [-0.15, -0.1) is 0 Å². The minimum Gasteiger partial charge on any atom is -0.475 e. The van der Waals surface area contributed by atoms with Gasteiger partial charge in [-0.3, -0.25) is 4.79 Å². The monoisotopic (exact) mass is 564 g/mol. The Morgan fingerprint density at radius 1 is 1.05 bits per heavy atom. The Labute approximate surface area is 238 Å². The van der Waals surface area contributed by atoms with Gasteiger partial charge in [0.05, 0.1) is 16.6 Å². The number of hydrogen-bond donors (Lipinski definition) is 1. The van der Waals surface area contributed by atoms with Crippen LogP contribution in [0.25, 0.3) is 11.3 Å². The molecule has 4 bridgehead atoms. The second-order valence-corrected chi connectivity index (χ2v) is 13.9. The third-order valence-electron chi connectivity index (χ3n) is 7.03. The third-order valence-corrected chi connectivity index (χ3v) is 8.35. The summed E-state index contributed by atoms with van der Waals surface area (Å²) in [5.41, 5.74) is 3.77. The van der Waals surface area contributed by atoms with Crippen molar-refractivity contribution in [1.29, 1.82) is 0 Å². The van der Waals surface area contributed by atoms with Gasteiger partial charge in [0.1, 0.15) is 6.61 Å². The zero-order valence-corrected chi connectivity index (χ0v) is 25.3. The van der Waals surface area contributed by atoms with Crippen LogP contribution in [0.15, 0.2) is 53.4 Å². The first-order valence-corrected chi connectivity index (χ1v) is 15.2. The zero-order valence-electron chi connectivity index (χ0n) is 24.5. The van der Waals surface area contributed by atoms with Gasteiger partial charge in [-0.05, 0) is 67.3 Å². The number of amides is 1. The van der Waals surface area contributed by atoms with Crippen LogP contribution in [0, 0.1) is 25.2 Å². The molecule has 40 heavy (non-hydrogen) atoms. The van der Waals surface area contributed by atoms with Gasteiger partial charge < -0.3 is 9.64 Å². The molecule has 0 saturated carbocycles. The molecule has 1 aliphatic heterocycles. The topological polar surface area (TPSA) is 101 Å². The van der Waals surface area contributed by atoms with Crippen LogP contribution in [0.1, 0.15) is 68.9 Å². The highest BCUT2D eigenvalue weighted by Crippen LogP contribution is 2.30. The molecule has 4 rings (SSSR count). The van der Waals surface area contributed by atoms with Gasteiger partial charge in [-0.25, -0.2) is 18.1 Å². The van der Waals surface area contributed by atoms with Crippen LogP contribution in [0.4, 0.5) is 5.95 Å². The van der Waals surface area contributed by atoms with E-state index in [1.54, 1.807) is 18.2 Å². The second kappa shape index (κ2) is 11.6. The minimum absolute atomic E-state index is 0.00164. The van der Waals surface area contributed by atoms with E-state index in [9.17, 15) is 13.2 Å². The molecule has 1 amide bonds. The van der Waals surface area contributed by atoms with Gasteiger partial charge in [0.2, 0.25) is 11.8 Å². The van der Waals surface area contributed by atoms with Gasteiger partial charge in [-0.2, -0.15) is 4.98 Å². The fraction of sp³-hybridized carbons (Fsp3) is 0.452. The number of aryl methyl sites for hydroxylation is 2. The standard InChI is InChI=1S/C31H40N4O4S/c1-20(2)16-24-19-39-27-18-26(28-21(3)10-8-11-22(28)4)32-30(33-27)34-40(37,38)25-13-9-12-23(17-25)29(36)35(24)15-14-31(5,6)7/h8-13,17-18,20,24H,14-16,19H2,1-7H3,(H,32,33,34)/t24-/m1/s1. The number of carbonyl (C=O) groups excluding carboxylic acids is 1. The largest absolute Gasteiger partial charge is 0.475 e. The normalized spacial score (nSPS) is 17.4. The average molecular weight is 565 g/mol. The predicted molar refractivity (Wildman–Crippen MR) is 158 cm³/mol. The van der Waals surface area contributed by atoms with E-state index >= 15 is 0 Å². The number of fused-ring (bicyclic) bond motifs is 4. The first-order valence-electron chi connectivity index (χ1n) is 13.8. The molecule has 0 saturated heterocycles. The fourth-order valence-electron chi connectivity index (χ4n) is 4.95. The van der Waals surface area contributed by atoms with Gasteiger partial charge in [0.15, 0.2) is 0 Å². The van der Waals surface area contributed by atoms with Crippen LogP contribution >= 0.6 is 0 Å². The van der Waals surface area contributed by atoms with Crippen molar-refractivity contribution in [1.82, 2.24) is 14.9 Å². The highest BCUT2D eigenvalue weighted by molar-refractivity contribution is 7.92. The average Bonchev–Trinajstić information content (AvgIpc) is 2.85. The molecule has 0 unspecified atom stereocenters. The Balaban J connectivity index is 1.88. The van der Waals surface area contributed by atoms with E-state index in [4.69, 9.17) is 4.74 Å². The lowest BCUT2D eigenvalue weighted by molar-refractivity contribution is 0.0546. The summed E-state index contributed by atoms with van der Waals surface area (Å²) in [5.74, 6) is 0.238. The molecule has 0 radical (unpaired) electrons. The molecular formula is C31H40N4O4S. The van der Waals surface area contributed by atoms with Gasteiger partial charge >= 0.3 is 0 Å². The van der Waals surface area contributed by atoms with Gasteiger partial charge in [0, 0.05) is 23.7 Å². The summed E-state index contributed by atoms with van der Waals surface area (Å²) in [6.45, 7) is 15.4. The minimum atomic E-state index is -4.09. The number of sulfonamides is 1. The SMILES string of the molecule is Cc1cccc(C)c1-c1cc2nc(n1)NS(=O)(=O)c1cccc(c1)C(=O)N(CCC(C)(C)C)[C@H](CC(C)C)CO2. The highest BCUT2D eigenvalue weighted by atomic mass is 32.2. The van der Waals surface area contributed by atoms with E-state index in [2.05, 4.69) is 49.3 Å². The second-order valence-electron chi connectivity index (χ2n) is 12.2. The van der Waals surface area contributed by atoms with Gasteiger partial charge in [0.25, 0.3) is 15.9 Å². The number of aromatic nitrogens is 2. The molecule has 0 spiro atoms. The smallest absolute Gasteiger partial charge is 0.264 e. The van der Waals surface area contributed by atoms with E-state index in [1.165, 1.54) is 12.1 Å². The molecule has 1 atom stereocenters. The molecular weight excluding hydrogens is 524 g/mol. The fourth-order valence-corrected chi connectivity index (χ4v) is 5.94. The molecule has 2 aromatic carbocycles. The zero-order chi connectivity index (χ0) is 29.2. The van der Waals surface area contributed by atoms with Crippen molar-refractivity contribution in [2.24, 2.45) is 11.3 Å².